The highest BCUT2D eigenvalue weighted by Crippen LogP contribution is 2.40. The van der Waals surface area contributed by atoms with Crippen LogP contribution in [-0.2, 0) is 0 Å². The van der Waals surface area contributed by atoms with E-state index < -0.39 is 0 Å². The molecule has 1 heterocycles. The van der Waals surface area contributed by atoms with Gasteiger partial charge in [-0.15, -0.1) is 0 Å². The third-order valence-corrected chi connectivity index (χ3v) is 3.58. The molecule has 1 aliphatic carbocycles. The van der Waals surface area contributed by atoms with Crippen molar-refractivity contribution in [2.24, 2.45) is 0 Å². The molecule has 0 amide bonds. The van der Waals surface area contributed by atoms with Crippen molar-refractivity contribution in [3.63, 3.8) is 0 Å². The van der Waals surface area contributed by atoms with E-state index in [0.717, 1.165) is 17.9 Å². The van der Waals surface area contributed by atoms with Gasteiger partial charge in [-0.25, -0.2) is 0 Å². The van der Waals surface area contributed by atoms with Crippen molar-refractivity contribution in [2.45, 2.75) is 31.2 Å². The number of hydrogen-bond donors (Lipinski definition) is 3. The summed E-state index contributed by atoms with van der Waals surface area (Å²) in [5.74, 6) is 0.332. The van der Waals surface area contributed by atoms with Crippen molar-refractivity contribution in [2.75, 3.05) is 17.2 Å². The van der Waals surface area contributed by atoms with Crippen LogP contribution in [-0.4, -0.2) is 17.2 Å². The van der Waals surface area contributed by atoms with Crippen LogP contribution in [0, 0.1) is 0 Å². The minimum atomic E-state index is 0.237. The lowest BCUT2D eigenvalue weighted by atomic mass is 9.94. The first-order chi connectivity index (χ1) is 7.27. The SMILES string of the molecule is Oc1ccc2c(c1)NC1(CCCC1)CN2. The summed E-state index contributed by atoms with van der Waals surface area (Å²) < 4.78 is 0. The third kappa shape index (κ3) is 1.42. The van der Waals surface area contributed by atoms with Gasteiger partial charge >= 0.3 is 0 Å². The lowest BCUT2D eigenvalue weighted by Gasteiger charge is -2.37. The summed E-state index contributed by atoms with van der Waals surface area (Å²) in [6, 6.07) is 5.46. The van der Waals surface area contributed by atoms with E-state index in [-0.39, 0.29) is 5.54 Å². The maximum atomic E-state index is 9.45. The van der Waals surface area contributed by atoms with E-state index in [1.54, 1.807) is 6.07 Å². The van der Waals surface area contributed by atoms with Crippen molar-refractivity contribution >= 4 is 11.4 Å². The fraction of sp³-hybridized carbons (Fsp3) is 0.500. The predicted molar refractivity (Wildman–Crippen MR) is 61.4 cm³/mol. The number of hydrogen-bond acceptors (Lipinski definition) is 3. The number of fused-ring (bicyclic) bond motifs is 1. The second kappa shape index (κ2) is 3.05. The highest BCUT2D eigenvalue weighted by Gasteiger charge is 2.36. The van der Waals surface area contributed by atoms with Crippen LogP contribution in [0.4, 0.5) is 11.4 Å². The van der Waals surface area contributed by atoms with Crippen LogP contribution in [0.3, 0.4) is 0 Å². The number of benzene rings is 1. The highest BCUT2D eigenvalue weighted by atomic mass is 16.3. The minimum absolute atomic E-state index is 0.237. The number of anilines is 2. The summed E-state index contributed by atoms with van der Waals surface area (Å²) in [4.78, 5) is 0. The Labute approximate surface area is 89.5 Å². The molecular formula is C12H16N2O. The Hall–Kier alpha value is -1.38. The van der Waals surface area contributed by atoms with Gasteiger partial charge in [0.2, 0.25) is 0 Å². The molecule has 3 N–H and O–H groups in total. The molecule has 1 spiro atoms. The maximum Gasteiger partial charge on any atom is 0.117 e. The van der Waals surface area contributed by atoms with Crippen molar-refractivity contribution < 1.29 is 5.11 Å². The van der Waals surface area contributed by atoms with Crippen molar-refractivity contribution in [3.05, 3.63) is 18.2 Å². The molecule has 3 heteroatoms. The average Bonchev–Trinajstić information content (AvgIpc) is 2.66. The second-order valence-electron chi connectivity index (χ2n) is 4.70. The molecule has 2 aliphatic rings. The lowest BCUT2D eigenvalue weighted by molar-refractivity contribution is 0.472. The Morgan fingerprint density at radius 2 is 1.93 bits per heavy atom. The third-order valence-electron chi connectivity index (χ3n) is 3.58. The molecule has 80 valence electrons. The number of nitrogens with one attached hydrogen (secondary N) is 2. The van der Waals surface area contributed by atoms with Gasteiger partial charge in [-0.3, -0.25) is 0 Å². The van der Waals surface area contributed by atoms with Gasteiger partial charge in [0.25, 0.3) is 0 Å². The van der Waals surface area contributed by atoms with Crippen molar-refractivity contribution in [3.8, 4) is 5.75 Å². The molecule has 1 fully saturated rings. The first-order valence-electron chi connectivity index (χ1n) is 5.63. The topological polar surface area (TPSA) is 44.3 Å². The fourth-order valence-corrected chi connectivity index (χ4v) is 2.74. The molecule has 1 aliphatic heterocycles. The number of phenols is 1. The molecular weight excluding hydrogens is 188 g/mol. The molecule has 0 atom stereocenters. The fourth-order valence-electron chi connectivity index (χ4n) is 2.74. The Bertz CT molecular complexity index is 383. The van der Waals surface area contributed by atoms with Gasteiger partial charge in [0.15, 0.2) is 0 Å². The average molecular weight is 204 g/mol. The van der Waals surface area contributed by atoms with Crippen LogP contribution in [0.5, 0.6) is 5.75 Å². The van der Waals surface area contributed by atoms with E-state index >= 15 is 0 Å². The van der Waals surface area contributed by atoms with Crippen LogP contribution in [0.15, 0.2) is 18.2 Å². The largest absolute Gasteiger partial charge is 0.508 e. The monoisotopic (exact) mass is 204 g/mol. The number of aromatic hydroxyl groups is 1. The number of rotatable bonds is 0. The Kier molecular flexibility index (Phi) is 1.81. The van der Waals surface area contributed by atoms with E-state index in [2.05, 4.69) is 10.6 Å². The molecule has 3 rings (SSSR count). The molecule has 0 saturated heterocycles. The molecule has 1 aromatic carbocycles. The van der Waals surface area contributed by atoms with Crippen LogP contribution >= 0.6 is 0 Å². The van der Waals surface area contributed by atoms with E-state index in [0.29, 0.717) is 5.75 Å². The molecule has 0 unspecified atom stereocenters. The summed E-state index contributed by atoms with van der Waals surface area (Å²) in [5, 5.41) is 16.5. The maximum absolute atomic E-state index is 9.45. The summed E-state index contributed by atoms with van der Waals surface area (Å²) >= 11 is 0. The van der Waals surface area contributed by atoms with Gasteiger partial charge in [-0.05, 0) is 25.0 Å². The van der Waals surface area contributed by atoms with E-state index in [4.69, 9.17) is 0 Å². The van der Waals surface area contributed by atoms with Crippen molar-refractivity contribution in [1.29, 1.82) is 0 Å². The normalized spacial score (nSPS) is 21.9. The predicted octanol–water partition coefficient (Wildman–Crippen LogP) is 2.54. The van der Waals surface area contributed by atoms with Crippen LogP contribution < -0.4 is 10.6 Å². The van der Waals surface area contributed by atoms with Crippen molar-refractivity contribution in [1.82, 2.24) is 0 Å². The summed E-state index contributed by atoms with van der Waals surface area (Å²) in [6.07, 6.45) is 5.08. The van der Waals surface area contributed by atoms with Gasteiger partial charge in [-0.2, -0.15) is 0 Å². The Balaban J connectivity index is 1.94. The summed E-state index contributed by atoms with van der Waals surface area (Å²) in [5.41, 5.74) is 2.38. The smallest absolute Gasteiger partial charge is 0.117 e. The zero-order valence-electron chi connectivity index (χ0n) is 8.71. The molecule has 3 nitrogen and oxygen atoms in total. The first kappa shape index (κ1) is 8.89. The lowest BCUT2D eigenvalue weighted by Crippen LogP contribution is -2.45. The van der Waals surface area contributed by atoms with Gasteiger partial charge in [0.1, 0.15) is 5.75 Å². The molecule has 0 radical (unpaired) electrons. The van der Waals surface area contributed by atoms with Gasteiger partial charge < -0.3 is 15.7 Å². The van der Waals surface area contributed by atoms with Gasteiger partial charge in [0.05, 0.1) is 16.9 Å². The second-order valence-corrected chi connectivity index (χ2v) is 4.70. The van der Waals surface area contributed by atoms with E-state index in [9.17, 15) is 5.11 Å². The summed E-state index contributed by atoms with van der Waals surface area (Å²) in [7, 11) is 0. The quantitative estimate of drug-likeness (QED) is 0.569. The summed E-state index contributed by atoms with van der Waals surface area (Å²) in [6.45, 7) is 1.00. The minimum Gasteiger partial charge on any atom is -0.508 e. The highest BCUT2D eigenvalue weighted by molar-refractivity contribution is 5.74. The van der Waals surface area contributed by atoms with Crippen LogP contribution in [0.1, 0.15) is 25.7 Å². The zero-order valence-corrected chi connectivity index (χ0v) is 8.71. The van der Waals surface area contributed by atoms with Gasteiger partial charge in [0, 0.05) is 12.6 Å². The van der Waals surface area contributed by atoms with Gasteiger partial charge in [-0.1, -0.05) is 12.8 Å². The standard InChI is InChI=1S/C12H16N2O/c15-9-3-4-10-11(7-9)14-12(8-13-10)5-1-2-6-12/h3-4,7,13-15H,1-2,5-6,8H2. The molecule has 0 bridgehead atoms. The van der Waals surface area contributed by atoms with Crippen LogP contribution in [0.2, 0.25) is 0 Å². The van der Waals surface area contributed by atoms with E-state index in [1.807, 2.05) is 12.1 Å². The zero-order chi connectivity index (χ0) is 10.3. The number of phenolic OH excluding ortho intramolecular Hbond substituents is 1. The van der Waals surface area contributed by atoms with E-state index in [1.165, 1.54) is 25.7 Å². The molecule has 1 aromatic rings. The first-order valence-corrected chi connectivity index (χ1v) is 5.63. The van der Waals surface area contributed by atoms with Crippen LogP contribution in [0.25, 0.3) is 0 Å². The Morgan fingerprint density at radius 3 is 2.73 bits per heavy atom. The Morgan fingerprint density at radius 1 is 1.13 bits per heavy atom. The molecule has 0 aromatic heterocycles. The molecule has 15 heavy (non-hydrogen) atoms. The molecule has 1 saturated carbocycles.